The molecule has 3 aromatic heterocycles. The number of nitrogens with one attached hydrogen (secondary N) is 1. The Morgan fingerprint density at radius 3 is 2.43 bits per heavy atom. The zero-order valence-corrected chi connectivity index (χ0v) is 21.7. The van der Waals surface area contributed by atoms with Crippen LogP contribution in [0.25, 0.3) is 11.2 Å². The summed E-state index contributed by atoms with van der Waals surface area (Å²) in [6.45, 7) is -1.40. The van der Waals surface area contributed by atoms with Gasteiger partial charge in [-0.1, -0.05) is 0 Å². The molecule has 232 valence electrons. The van der Waals surface area contributed by atoms with Crippen molar-refractivity contribution in [3.63, 3.8) is 0 Å². The molecule has 0 aromatic carbocycles. The van der Waals surface area contributed by atoms with Crippen molar-refractivity contribution >= 4 is 24.8 Å². The Kier molecular flexibility index (Phi) is 8.87. The molecule has 0 bridgehead atoms. The molecule has 23 heteroatoms. The molecule has 2 saturated heterocycles. The summed E-state index contributed by atoms with van der Waals surface area (Å²) in [4.78, 5) is 52.1. The molecule has 8 atom stereocenters. The second kappa shape index (κ2) is 11.8. The molecular weight excluding hydrogens is 603 g/mol. The highest BCUT2D eigenvalue weighted by molar-refractivity contribution is 7.46. The summed E-state index contributed by atoms with van der Waals surface area (Å²) in [5.74, 6) is -3.26. The first-order valence-corrected chi connectivity index (χ1v) is 13.1. The van der Waals surface area contributed by atoms with Gasteiger partial charge in [0.15, 0.2) is 29.3 Å². The Balaban J connectivity index is 0.000000201. The van der Waals surface area contributed by atoms with Crippen molar-refractivity contribution in [2.75, 3.05) is 18.9 Å². The van der Waals surface area contributed by atoms with E-state index in [4.69, 9.17) is 25.4 Å². The smallest absolute Gasteiger partial charge is 0.394 e. The highest BCUT2D eigenvalue weighted by atomic mass is 31.2. The number of aliphatic hydroxyl groups excluding tert-OH is 5. The van der Waals surface area contributed by atoms with Crippen LogP contribution in [0.1, 0.15) is 6.23 Å². The molecule has 0 aliphatic carbocycles. The number of phosphoric ester groups is 1. The number of anilines is 1. The summed E-state index contributed by atoms with van der Waals surface area (Å²) in [7, 11) is -4.78. The average molecular weight is 627 g/mol. The average Bonchev–Trinajstić information content (AvgIpc) is 3.52. The largest absolute Gasteiger partial charge is 0.469 e. The summed E-state index contributed by atoms with van der Waals surface area (Å²) < 4.78 is 54.2. The number of ether oxygens (including phenoxy) is 2. The molecule has 0 radical (unpaired) electrons. The number of imidazole rings is 1. The van der Waals surface area contributed by atoms with Crippen LogP contribution in [0.15, 0.2) is 28.2 Å². The first kappa shape index (κ1) is 31.7. The van der Waals surface area contributed by atoms with Crippen LogP contribution in [0.2, 0.25) is 0 Å². The fourth-order valence-electron chi connectivity index (χ4n) is 4.13. The maximum Gasteiger partial charge on any atom is 0.469 e. The molecule has 10 N–H and O–H groups in total. The summed E-state index contributed by atoms with van der Waals surface area (Å²) >= 11 is 0. The number of fused-ring (bicyclic) bond motifs is 1. The van der Waals surface area contributed by atoms with Gasteiger partial charge >= 0.3 is 25.6 Å². The van der Waals surface area contributed by atoms with E-state index in [1.165, 1.54) is 0 Å². The van der Waals surface area contributed by atoms with Crippen LogP contribution >= 0.6 is 7.82 Å². The molecule has 3 aromatic rings. The van der Waals surface area contributed by atoms with Crippen molar-refractivity contribution in [2.24, 2.45) is 0 Å². The van der Waals surface area contributed by atoms with Gasteiger partial charge in [0, 0.05) is 12.3 Å². The Labute approximate surface area is 230 Å². The second-order valence-corrected chi connectivity index (χ2v) is 10.1. The van der Waals surface area contributed by atoms with Gasteiger partial charge in [-0.15, -0.1) is 0 Å². The summed E-state index contributed by atoms with van der Waals surface area (Å²) in [5, 5.41) is 47.8. The van der Waals surface area contributed by atoms with E-state index in [-0.39, 0.29) is 17.0 Å². The number of aromatic nitrogens is 6. The normalized spacial score (nSPS) is 31.3. The zero-order chi connectivity index (χ0) is 31.1. The van der Waals surface area contributed by atoms with E-state index in [0.717, 1.165) is 23.2 Å². The van der Waals surface area contributed by atoms with Gasteiger partial charge in [0.1, 0.15) is 30.5 Å². The fourth-order valence-corrected chi connectivity index (χ4v) is 4.47. The molecular formula is C19H24F2N7O13P. The van der Waals surface area contributed by atoms with Crippen LogP contribution in [0, 0.1) is 6.08 Å². The third-order valence-corrected chi connectivity index (χ3v) is 6.64. The molecule has 0 amide bonds. The Hall–Kier alpha value is -3.28. The number of hydrogen-bond donors (Lipinski definition) is 9. The van der Waals surface area contributed by atoms with Crippen molar-refractivity contribution in [1.29, 1.82) is 0 Å². The number of rotatable bonds is 6. The van der Waals surface area contributed by atoms with E-state index in [0.29, 0.717) is 4.57 Å². The van der Waals surface area contributed by atoms with Crippen molar-refractivity contribution in [3.05, 3.63) is 45.5 Å². The molecule has 0 unspecified atom stereocenters. The second-order valence-electron chi connectivity index (χ2n) is 8.90. The number of nitrogens with two attached hydrogens (primary N) is 1. The van der Waals surface area contributed by atoms with Gasteiger partial charge in [-0.3, -0.25) is 18.9 Å². The Morgan fingerprint density at radius 1 is 1.14 bits per heavy atom. The number of hydrogen-bond acceptors (Lipinski definition) is 15. The first-order valence-electron chi connectivity index (χ1n) is 11.6. The number of alkyl halides is 1. The van der Waals surface area contributed by atoms with Crippen molar-refractivity contribution in [3.8, 4) is 0 Å². The predicted molar refractivity (Wildman–Crippen MR) is 128 cm³/mol. The quantitative estimate of drug-likeness (QED) is 0.0918. The van der Waals surface area contributed by atoms with Crippen LogP contribution in [0.5, 0.6) is 0 Å². The molecule has 5 rings (SSSR count). The number of halogens is 2. The lowest BCUT2D eigenvalue weighted by Crippen LogP contribution is -2.48. The van der Waals surface area contributed by atoms with Crippen molar-refractivity contribution < 1.29 is 62.7 Å². The topological polar surface area (TPSA) is 311 Å². The van der Waals surface area contributed by atoms with Crippen molar-refractivity contribution in [2.45, 2.75) is 48.8 Å². The van der Waals surface area contributed by atoms with Crippen LogP contribution < -0.4 is 17.0 Å². The minimum atomic E-state index is -4.78. The maximum atomic E-state index is 14.4. The summed E-state index contributed by atoms with van der Waals surface area (Å²) in [6, 6.07) is 0.859. The van der Waals surface area contributed by atoms with Gasteiger partial charge in [-0.05, 0) is 0 Å². The lowest BCUT2D eigenvalue weighted by atomic mass is 10.1. The van der Waals surface area contributed by atoms with E-state index in [1.807, 2.05) is 0 Å². The summed E-state index contributed by atoms with van der Waals surface area (Å²) in [5.41, 5.74) is 3.63. The van der Waals surface area contributed by atoms with E-state index in [1.54, 1.807) is 4.98 Å². The molecule has 42 heavy (non-hydrogen) atoms. The van der Waals surface area contributed by atoms with Gasteiger partial charge in [-0.25, -0.2) is 18.9 Å². The predicted octanol–water partition coefficient (Wildman–Crippen LogP) is -4.49. The number of phosphoric acid groups is 1. The Morgan fingerprint density at radius 2 is 1.83 bits per heavy atom. The molecule has 2 aliphatic rings. The third kappa shape index (κ3) is 6.09. The third-order valence-electron chi connectivity index (χ3n) is 6.16. The van der Waals surface area contributed by atoms with Crippen LogP contribution in [-0.2, 0) is 24.5 Å². The van der Waals surface area contributed by atoms with E-state index in [9.17, 15) is 43.4 Å². The van der Waals surface area contributed by atoms with Gasteiger partial charge in [0.2, 0.25) is 0 Å². The van der Waals surface area contributed by atoms with Crippen LogP contribution in [0.4, 0.5) is 14.6 Å². The molecule has 20 nitrogen and oxygen atoms in total. The standard InChI is InChI=1S/C10H13FN5O7P.C9H11FN2O6/c11-10-14-7(12)4-8(15-10)16(2-13-4)9-6(18)5(17)3(23-9)1-22-24(19,20)21;10-9(7(16)6(15)4(3-13)18-9)12-2-1-5(14)11-8(12)17/h2-3,5-6,9,17-18H,1H2,(H2,12,14,15)(H2,19,20,21);1-2,4,6-7,13,15-16H,3H2,(H,11,14,17)/t3-,5-,6+,9-;4-,6-,7-,9+/m11/s1. The summed E-state index contributed by atoms with van der Waals surface area (Å²) in [6.07, 6.45) is -9.81. The first-order chi connectivity index (χ1) is 19.6. The van der Waals surface area contributed by atoms with E-state index < -0.39 is 87.2 Å². The fraction of sp³-hybridized carbons (Fsp3) is 0.526. The molecule has 2 aliphatic heterocycles. The zero-order valence-electron chi connectivity index (χ0n) is 20.8. The SMILES string of the molecule is Nc1nc(F)nc2c1ncn2[C@@H]1O[C@H](COP(=O)(O)O)[C@@H](O)[C@@H]1O.O=c1ccn([C@]2(F)O[C@H](CO)[C@@H](O)[C@H]2O)c(=O)[nH]1. The van der Waals surface area contributed by atoms with Gasteiger partial charge in [0.05, 0.1) is 19.5 Å². The Bertz CT molecular complexity index is 1600. The molecule has 2 fully saturated rings. The minimum Gasteiger partial charge on any atom is -0.394 e. The molecule has 5 heterocycles. The van der Waals surface area contributed by atoms with Gasteiger partial charge in [0.25, 0.3) is 5.56 Å². The monoisotopic (exact) mass is 627 g/mol. The number of nitrogens with zero attached hydrogens (tertiary/aromatic N) is 5. The molecule has 0 saturated carbocycles. The van der Waals surface area contributed by atoms with Crippen LogP contribution in [0.3, 0.4) is 0 Å². The number of aromatic amines is 1. The van der Waals surface area contributed by atoms with Crippen LogP contribution in [-0.4, -0.2) is 114 Å². The van der Waals surface area contributed by atoms with E-state index >= 15 is 0 Å². The number of H-pyrrole nitrogens is 1. The number of nitrogen functional groups attached to an aromatic ring is 1. The van der Waals surface area contributed by atoms with Gasteiger partial charge < -0.3 is 50.5 Å². The lowest BCUT2D eigenvalue weighted by molar-refractivity contribution is -0.239. The highest BCUT2D eigenvalue weighted by Crippen LogP contribution is 2.39. The van der Waals surface area contributed by atoms with Crippen molar-refractivity contribution in [1.82, 2.24) is 29.1 Å². The minimum absolute atomic E-state index is 0.0663. The molecule has 0 spiro atoms. The highest BCUT2D eigenvalue weighted by Gasteiger charge is 2.57. The van der Waals surface area contributed by atoms with Gasteiger partial charge in [-0.2, -0.15) is 18.7 Å². The maximum absolute atomic E-state index is 14.4. The van der Waals surface area contributed by atoms with E-state index in [2.05, 4.69) is 24.2 Å². The number of aliphatic hydroxyl groups is 5. The lowest BCUT2D eigenvalue weighted by Gasteiger charge is -2.24.